The lowest BCUT2D eigenvalue weighted by Gasteiger charge is -2.39. The van der Waals surface area contributed by atoms with Crippen molar-refractivity contribution >= 4 is 40.2 Å². The summed E-state index contributed by atoms with van der Waals surface area (Å²) in [7, 11) is 4.11. The summed E-state index contributed by atoms with van der Waals surface area (Å²) < 4.78 is 32.7. The second-order valence-corrected chi connectivity index (χ2v) is 13.8. The maximum absolute atomic E-state index is 13.5. The Morgan fingerprint density at radius 3 is 2.37 bits per heavy atom. The maximum atomic E-state index is 13.5. The molecule has 0 spiro atoms. The molecule has 54 heavy (non-hydrogen) atoms. The molecule has 1 fully saturated rings. The lowest BCUT2D eigenvalue weighted by atomic mass is 9.65. The number of phenolic OH excluding ortho intramolecular Hbond substituents is 1. The minimum absolute atomic E-state index is 0.0494. The van der Waals surface area contributed by atoms with Crippen LogP contribution in [0.25, 0.3) is 0 Å². The summed E-state index contributed by atoms with van der Waals surface area (Å²) in [6, 6.07) is 15.0. The molecule has 0 bridgehead atoms. The van der Waals surface area contributed by atoms with Crippen molar-refractivity contribution in [1.82, 2.24) is 15.6 Å². The molecule has 0 saturated carbocycles. The molecule has 5 atom stereocenters. The molecule has 282 valence electrons. The lowest BCUT2D eigenvalue weighted by Crippen LogP contribution is -2.49. The molecule has 16 heteroatoms. The second-order valence-electron chi connectivity index (χ2n) is 13.0. The molecule has 4 N–H and O–H groups in total. The number of cyclic esters (lactones) is 1. The average molecular weight is 759 g/mol. The van der Waals surface area contributed by atoms with Crippen LogP contribution in [0.1, 0.15) is 39.9 Å². The van der Waals surface area contributed by atoms with Crippen LogP contribution in [-0.4, -0.2) is 81.2 Å². The van der Waals surface area contributed by atoms with Crippen LogP contribution < -0.4 is 34.9 Å². The van der Waals surface area contributed by atoms with Crippen molar-refractivity contribution in [2.24, 2.45) is 11.8 Å². The van der Waals surface area contributed by atoms with Gasteiger partial charge in [-0.05, 0) is 46.5 Å². The molecule has 7 rings (SSSR count). The monoisotopic (exact) mass is 758 g/mol. The average Bonchev–Trinajstić information content (AvgIpc) is 3.93. The third-order valence-corrected chi connectivity index (χ3v) is 10.6. The Kier molecular flexibility index (Phi) is 10.4. The fourth-order valence-corrected chi connectivity index (χ4v) is 8.00. The molecule has 15 nitrogen and oxygen atoms in total. The first-order valence-electron chi connectivity index (χ1n) is 17.1. The zero-order valence-corrected chi connectivity index (χ0v) is 30.4. The third kappa shape index (κ3) is 7.28. The second kappa shape index (κ2) is 15.5. The third-order valence-electron chi connectivity index (χ3n) is 9.79. The van der Waals surface area contributed by atoms with E-state index in [9.17, 15) is 24.3 Å². The summed E-state index contributed by atoms with van der Waals surface area (Å²) in [5.41, 5.74) is 3.60. The zero-order valence-electron chi connectivity index (χ0n) is 29.6. The molecule has 4 aromatic rings. The van der Waals surface area contributed by atoms with E-state index in [1.165, 1.54) is 32.7 Å². The van der Waals surface area contributed by atoms with Gasteiger partial charge in [0.1, 0.15) is 12.6 Å². The van der Waals surface area contributed by atoms with Gasteiger partial charge in [-0.2, -0.15) is 0 Å². The molecule has 1 aliphatic carbocycles. The van der Waals surface area contributed by atoms with Crippen molar-refractivity contribution in [2.45, 2.75) is 30.8 Å². The van der Waals surface area contributed by atoms with Gasteiger partial charge in [0.15, 0.2) is 28.1 Å². The van der Waals surface area contributed by atoms with Crippen molar-refractivity contribution in [3.05, 3.63) is 87.9 Å². The van der Waals surface area contributed by atoms with Gasteiger partial charge in [0, 0.05) is 23.6 Å². The Morgan fingerprint density at radius 2 is 1.69 bits per heavy atom. The van der Waals surface area contributed by atoms with E-state index >= 15 is 0 Å². The van der Waals surface area contributed by atoms with E-state index < -0.39 is 41.7 Å². The first kappa shape index (κ1) is 36.3. The highest BCUT2D eigenvalue weighted by molar-refractivity contribution is 7.13. The number of hydrogen-bond donors (Lipinski definition) is 4. The van der Waals surface area contributed by atoms with Crippen LogP contribution in [0.3, 0.4) is 0 Å². The number of thiazole rings is 1. The highest BCUT2D eigenvalue weighted by atomic mass is 32.1. The number of fused-ring (bicyclic) bond motifs is 3. The number of methoxy groups -OCH3 is 3. The van der Waals surface area contributed by atoms with Crippen LogP contribution in [0.5, 0.6) is 28.7 Å². The number of aromatic nitrogens is 1. The topological polar surface area (TPSA) is 193 Å². The minimum Gasteiger partial charge on any atom is -0.502 e. The smallest absolute Gasteiger partial charge is 0.325 e. The Balaban J connectivity index is 1.14. The molecular weight excluding hydrogens is 721 g/mol. The van der Waals surface area contributed by atoms with Crippen LogP contribution in [0, 0.1) is 11.8 Å². The zero-order chi connectivity index (χ0) is 37.9. The number of benzene rings is 3. The van der Waals surface area contributed by atoms with Gasteiger partial charge in [-0.1, -0.05) is 30.3 Å². The number of rotatable bonds is 13. The van der Waals surface area contributed by atoms with Crippen molar-refractivity contribution in [1.29, 1.82) is 0 Å². The normalized spacial score (nSPS) is 19.8. The number of nitrogens with one attached hydrogen (secondary N) is 3. The van der Waals surface area contributed by atoms with E-state index in [0.29, 0.717) is 27.9 Å². The van der Waals surface area contributed by atoms with Gasteiger partial charge in [-0.3, -0.25) is 19.2 Å². The predicted molar refractivity (Wildman–Crippen MR) is 193 cm³/mol. The largest absolute Gasteiger partial charge is 0.502 e. The fraction of sp³-hybridized carbons (Fsp3) is 0.342. The summed E-state index contributed by atoms with van der Waals surface area (Å²) >= 11 is 1.30. The number of amides is 2. The molecule has 1 aromatic heterocycles. The summed E-state index contributed by atoms with van der Waals surface area (Å²) in [6.45, 7) is -0.145. The quantitative estimate of drug-likeness (QED) is 0.146. The number of carbonyl (C=O) groups excluding carboxylic acids is 4. The van der Waals surface area contributed by atoms with Gasteiger partial charge < -0.3 is 49.5 Å². The van der Waals surface area contributed by atoms with Crippen molar-refractivity contribution in [2.75, 3.05) is 46.6 Å². The molecule has 0 unspecified atom stereocenters. The molecule has 0 radical (unpaired) electrons. The van der Waals surface area contributed by atoms with E-state index in [4.69, 9.17) is 28.7 Å². The minimum atomic E-state index is -0.953. The highest BCUT2D eigenvalue weighted by Crippen LogP contribution is 2.56. The van der Waals surface area contributed by atoms with Crippen LogP contribution in [0.2, 0.25) is 0 Å². The van der Waals surface area contributed by atoms with Crippen molar-refractivity contribution < 1.29 is 52.7 Å². The number of ether oxygens (including phenoxy) is 6. The van der Waals surface area contributed by atoms with E-state index in [1.54, 1.807) is 17.5 Å². The van der Waals surface area contributed by atoms with Crippen LogP contribution in [0.4, 0.5) is 5.13 Å². The molecule has 1 saturated heterocycles. The van der Waals surface area contributed by atoms with Gasteiger partial charge in [0.25, 0.3) is 0 Å². The summed E-state index contributed by atoms with van der Waals surface area (Å²) in [5.74, 6) is -2.11. The van der Waals surface area contributed by atoms with Crippen molar-refractivity contribution in [3.8, 4) is 28.7 Å². The highest BCUT2D eigenvalue weighted by Gasteiger charge is 2.53. The van der Waals surface area contributed by atoms with E-state index in [2.05, 4.69) is 20.7 Å². The Morgan fingerprint density at radius 1 is 0.981 bits per heavy atom. The summed E-state index contributed by atoms with van der Waals surface area (Å²) in [5, 5.41) is 21.7. The van der Waals surface area contributed by atoms with Gasteiger partial charge in [-0.15, -0.1) is 11.3 Å². The molecule has 3 aromatic carbocycles. The lowest BCUT2D eigenvalue weighted by molar-refractivity contribution is -0.142. The number of anilines is 1. The number of nitrogens with zero attached hydrogens (tertiary/aromatic N) is 1. The van der Waals surface area contributed by atoms with Gasteiger partial charge in [0.05, 0.1) is 52.0 Å². The number of hydrogen-bond acceptors (Lipinski definition) is 14. The first-order chi connectivity index (χ1) is 26.2. The Labute approximate surface area is 313 Å². The predicted octanol–water partition coefficient (Wildman–Crippen LogP) is 3.24. The molecule has 3 heterocycles. The summed E-state index contributed by atoms with van der Waals surface area (Å²) in [4.78, 5) is 56.2. The van der Waals surface area contributed by atoms with Crippen molar-refractivity contribution in [3.63, 3.8) is 0 Å². The Bertz CT molecular complexity index is 2050. The SMILES string of the molecule is COC(=O)CNC(=O)[C@H](Cc1ccccc1)NC(=O)Cc1csc(N[C@@H]2c3cc4c(cc3[C@@H](c3cc(OC)c(O)c(OC)c3)[C@H]3C(=O)OC[C@@H]32)OCO4)n1. The van der Waals surface area contributed by atoms with E-state index in [0.717, 1.165) is 16.7 Å². The standard InChI is InChI=1S/C38H38N4O11S/c1-48-28-10-20(11-29(49-2)35(28)45)32-22-13-26-27(53-18-52-26)14-23(22)34(24-16-51-37(47)33(24)32)42-38-40-21(17-54-38)12-30(43)41-25(9-19-7-5-4-6-8-19)36(46)39-15-31(44)50-3/h4-8,10-11,13-14,17,24-25,32-34,45H,9,12,15-16,18H2,1-3H3,(H,39,46)(H,40,42)(H,41,43)/t24-,25-,32+,33-,34+/m0/s1. The van der Waals surface area contributed by atoms with E-state index in [1.807, 2.05) is 42.5 Å². The van der Waals surface area contributed by atoms with Crippen LogP contribution in [0.15, 0.2) is 60.0 Å². The number of phenols is 1. The number of carbonyl (C=O) groups is 4. The van der Waals surface area contributed by atoms with Crippen LogP contribution >= 0.6 is 11.3 Å². The Hall–Kier alpha value is -6.03. The van der Waals surface area contributed by atoms with Crippen LogP contribution in [-0.2, 0) is 41.5 Å². The van der Waals surface area contributed by atoms with Gasteiger partial charge in [-0.25, -0.2) is 4.98 Å². The molecule has 2 aliphatic heterocycles. The summed E-state index contributed by atoms with van der Waals surface area (Å²) in [6.07, 6.45) is 0.0883. The van der Waals surface area contributed by atoms with Gasteiger partial charge in [0.2, 0.25) is 24.4 Å². The molecule has 3 aliphatic rings. The number of esters is 2. The molecular formula is C38H38N4O11S. The van der Waals surface area contributed by atoms with E-state index in [-0.39, 0.29) is 61.9 Å². The molecule has 2 amide bonds. The fourth-order valence-electron chi connectivity index (χ4n) is 7.25. The van der Waals surface area contributed by atoms with Gasteiger partial charge >= 0.3 is 11.9 Å². The number of aromatic hydroxyl groups is 1. The maximum Gasteiger partial charge on any atom is 0.325 e. The first-order valence-corrected chi connectivity index (χ1v) is 18.0.